The van der Waals surface area contributed by atoms with Crippen molar-refractivity contribution in [2.45, 2.75) is 74.6 Å². The first-order valence-electron chi connectivity index (χ1n) is 15.5. The Morgan fingerprint density at radius 3 is 2.64 bits per heavy atom. The number of alkyl halides is 1. The van der Waals surface area contributed by atoms with Gasteiger partial charge in [0.05, 0.1) is 50.4 Å². The van der Waals surface area contributed by atoms with Gasteiger partial charge in [0.2, 0.25) is 11.8 Å². The van der Waals surface area contributed by atoms with Crippen molar-refractivity contribution in [2.75, 3.05) is 59.2 Å². The quantitative estimate of drug-likeness (QED) is 0.117. The smallest absolute Gasteiger partial charge is 0.312 e. The average molecular weight is 655 g/mol. The van der Waals surface area contributed by atoms with E-state index in [9.17, 15) is 19.5 Å². The van der Waals surface area contributed by atoms with Crippen molar-refractivity contribution < 1.29 is 33.7 Å². The lowest BCUT2D eigenvalue weighted by Gasteiger charge is -2.41. The second kappa shape index (κ2) is 14.8. The molecule has 4 heterocycles. The number of hydrogen-bond donors (Lipinski definition) is 1. The molecule has 10 nitrogen and oxygen atoms in total. The molecule has 1 N–H and O–H groups in total. The van der Waals surface area contributed by atoms with Crippen LogP contribution in [0.2, 0.25) is 0 Å². The number of carbonyl (C=O) groups is 3. The number of morpholine rings is 1. The zero-order valence-electron chi connectivity index (χ0n) is 25.1. The molecule has 4 aliphatic heterocycles. The van der Waals surface area contributed by atoms with Gasteiger partial charge in [0, 0.05) is 37.6 Å². The summed E-state index contributed by atoms with van der Waals surface area (Å²) in [5.41, 5.74) is -1.20. The van der Waals surface area contributed by atoms with Crippen molar-refractivity contribution in [2.24, 2.45) is 17.8 Å². The largest absolute Gasteiger partial charge is 0.465 e. The maximum Gasteiger partial charge on any atom is 0.312 e. The highest BCUT2D eigenvalue weighted by Gasteiger charge is 2.77. The van der Waals surface area contributed by atoms with Crippen molar-refractivity contribution in [3.05, 3.63) is 25.3 Å². The van der Waals surface area contributed by atoms with Crippen LogP contribution in [0.25, 0.3) is 0 Å². The normalized spacial score (nSPS) is 32.0. The first-order chi connectivity index (χ1) is 20.2. The number of unbranched alkanes of at least 4 members (excludes halogenated alkanes) is 2. The van der Waals surface area contributed by atoms with E-state index in [0.717, 1.165) is 25.9 Å². The lowest BCUT2D eigenvalue weighted by atomic mass is 9.70. The predicted octanol–water partition coefficient (Wildman–Crippen LogP) is 2.39. The molecule has 0 aliphatic carbocycles. The average Bonchev–Trinajstić information content (AvgIpc) is 3.59. The van der Waals surface area contributed by atoms with Crippen molar-refractivity contribution in [1.29, 1.82) is 0 Å². The van der Waals surface area contributed by atoms with Crippen molar-refractivity contribution >= 4 is 33.7 Å². The van der Waals surface area contributed by atoms with Crippen molar-refractivity contribution in [3.8, 4) is 0 Å². The molecular weight excluding hydrogens is 606 g/mol. The van der Waals surface area contributed by atoms with Crippen LogP contribution in [-0.4, -0.2) is 125 Å². The summed E-state index contributed by atoms with van der Waals surface area (Å²) in [6.07, 6.45) is 6.47. The first kappa shape index (κ1) is 33.1. The van der Waals surface area contributed by atoms with Gasteiger partial charge in [-0.3, -0.25) is 19.3 Å². The summed E-state index contributed by atoms with van der Waals surface area (Å²) in [6.45, 7) is 15.9. The number of carbonyl (C=O) groups excluding carboxylic acids is 3. The fourth-order valence-corrected chi connectivity index (χ4v) is 8.10. The molecule has 42 heavy (non-hydrogen) atoms. The Bertz CT molecular complexity index is 992. The third-order valence-electron chi connectivity index (χ3n) is 9.58. The van der Waals surface area contributed by atoms with E-state index in [2.05, 4.69) is 34.0 Å². The molecule has 0 aromatic heterocycles. The lowest BCUT2D eigenvalue weighted by molar-refractivity contribution is -0.157. The highest BCUT2D eigenvalue weighted by Crippen LogP contribution is 2.61. The number of allylic oxidation sites excluding steroid dienone is 1. The van der Waals surface area contributed by atoms with Crippen LogP contribution in [0.1, 0.15) is 46.0 Å². The van der Waals surface area contributed by atoms with Gasteiger partial charge in [0.25, 0.3) is 0 Å². The standard InChI is InChI=1S/C31H48BrN3O7/c1-5-8-9-10-16-41-30(39)24-25-28(37)35(23(20-36)21(4)7-3)27(31(25)19-22(32)26(24)42-31)29(38)34(11-6-2)13-12-33-14-17-40-18-15-33/h5-6,21-27,36H,1-2,7-20H2,3-4H3/t21-,22?,23-,24+,25-,26+,27?,31?/m0/s1. The Labute approximate surface area is 258 Å². The second-order valence-electron chi connectivity index (χ2n) is 12.0. The molecule has 4 aliphatic rings. The molecule has 0 aromatic carbocycles. The van der Waals surface area contributed by atoms with Gasteiger partial charge in [0.1, 0.15) is 11.6 Å². The Hall–Kier alpha value is -1.79. The molecule has 2 amide bonds. The Kier molecular flexibility index (Phi) is 11.7. The van der Waals surface area contributed by atoms with E-state index in [-0.39, 0.29) is 35.8 Å². The van der Waals surface area contributed by atoms with E-state index in [0.29, 0.717) is 52.1 Å². The van der Waals surface area contributed by atoms with E-state index >= 15 is 0 Å². The molecule has 2 bridgehead atoms. The minimum absolute atomic E-state index is 0.0714. The number of fused-ring (bicyclic) bond motifs is 1. The number of aliphatic hydroxyl groups is 1. The van der Waals surface area contributed by atoms with E-state index in [4.69, 9.17) is 14.2 Å². The molecule has 0 saturated carbocycles. The summed E-state index contributed by atoms with van der Waals surface area (Å²) in [6, 6.07) is -1.56. The number of hydrogen-bond acceptors (Lipinski definition) is 8. The van der Waals surface area contributed by atoms with E-state index in [1.165, 1.54) is 0 Å². The molecule has 4 saturated heterocycles. The van der Waals surface area contributed by atoms with Crippen molar-refractivity contribution in [3.63, 3.8) is 0 Å². The van der Waals surface area contributed by atoms with Gasteiger partial charge in [-0.2, -0.15) is 0 Å². The monoisotopic (exact) mass is 653 g/mol. The van der Waals surface area contributed by atoms with Crippen LogP contribution < -0.4 is 0 Å². The fraction of sp³-hybridized carbons (Fsp3) is 0.774. The van der Waals surface area contributed by atoms with Crippen LogP contribution in [0, 0.1) is 17.8 Å². The summed E-state index contributed by atoms with van der Waals surface area (Å²) < 4.78 is 17.8. The zero-order valence-corrected chi connectivity index (χ0v) is 26.7. The van der Waals surface area contributed by atoms with Crippen molar-refractivity contribution in [1.82, 2.24) is 14.7 Å². The number of aliphatic hydroxyl groups excluding tert-OH is 1. The summed E-state index contributed by atoms with van der Waals surface area (Å²) in [4.78, 5) is 47.9. The third-order valence-corrected chi connectivity index (χ3v) is 10.4. The van der Waals surface area contributed by atoms with Crippen LogP contribution in [0.15, 0.2) is 25.3 Å². The van der Waals surface area contributed by atoms with Crippen LogP contribution >= 0.6 is 15.9 Å². The van der Waals surface area contributed by atoms with Crippen LogP contribution in [0.4, 0.5) is 0 Å². The molecule has 11 heteroatoms. The number of likely N-dealkylation sites (tertiary alicyclic amines) is 1. The van der Waals surface area contributed by atoms with E-state index in [1.54, 1.807) is 15.9 Å². The number of rotatable bonds is 16. The molecule has 4 fully saturated rings. The topological polar surface area (TPSA) is 109 Å². The molecule has 236 valence electrons. The van der Waals surface area contributed by atoms with Gasteiger partial charge in [0.15, 0.2) is 0 Å². The molecule has 0 aromatic rings. The summed E-state index contributed by atoms with van der Waals surface area (Å²) in [5, 5.41) is 10.6. The summed E-state index contributed by atoms with van der Waals surface area (Å²) >= 11 is 3.72. The Morgan fingerprint density at radius 1 is 1.26 bits per heavy atom. The molecule has 8 atom stereocenters. The maximum absolute atomic E-state index is 14.6. The maximum atomic E-state index is 14.6. The fourth-order valence-electron chi connectivity index (χ4n) is 7.15. The summed E-state index contributed by atoms with van der Waals surface area (Å²) in [7, 11) is 0. The number of esters is 1. The third kappa shape index (κ3) is 6.36. The van der Waals surface area contributed by atoms with Crippen LogP contribution in [0.3, 0.4) is 0 Å². The zero-order chi connectivity index (χ0) is 30.4. The molecular formula is C31H48BrN3O7. The number of ether oxygens (including phenoxy) is 3. The molecule has 1 spiro atoms. The van der Waals surface area contributed by atoms with Crippen LogP contribution in [-0.2, 0) is 28.6 Å². The van der Waals surface area contributed by atoms with Gasteiger partial charge in [-0.05, 0) is 31.6 Å². The summed E-state index contributed by atoms with van der Waals surface area (Å²) in [5.74, 6) is -2.76. The van der Waals surface area contributed by atoms with Gasteiger partial charge < -0.3 is 29.1 Å². The number of halogens is 1. The molecule has 3 unspecified atom stereocenters. The lowest BCUT2D eigenvalue weighted by Crippen LogP contribution is -2.60. The number of nitrogens with zero attached hydrogens (tertiary/aromatic N) is 3. The van der Waals surface area contributed by atoms with E-state index < -0.39 is 41.6 Å². The Balaban J connectivity index is 1.66. The molecule has 0 radical (unpaired) electrons. The van der Waals surface area contributed by atoms with Gasteiger partial charge >= 0.3 is 5.97 Å². The highest BCUT2D eigenvalue weighted by molar-refractivity contribution is 9.09. The van der Waals surface area contributed by atoms with Crippen LogP contribution in [0.5, 0.6) is 0 Å². The minimum atomic E-state index is -1.20. The number of amides is 2. The first-order valence-corrected chi connectivity index (χ1v) is 16.4. The Morgan fingerprint density at radius 2 is 2.00 bits per heavy atom. The highest BCUT2D eigenvalue weighted by atomic mass is 79.9. The SMILES string of the molecule is C=CCCCCOC(=O)[C@H]1[C@@H]2OC3(CC2Br)C(C(=O)N(CC=C)CCN2CCOCC2)N([C@@H](CO)[C@@H](C)CC)C(=O)[C@H]13. The molecule has 4 rings (SSSR count). The predicted molar refractivity (Wildman–Crippen MR) is 162 cm³/mol. The minimum Gasteiger partial charge on any atom is -0.465 e. The van der Waals surface area contributed by atoms with Gasteiger partial charge in [-0.25, -0.2) is 0 Å². The van der Waals surface area contributed by atoms with Gasteiger partial charge in [-0.15, -0.1) is 13.2 Å². The second-order valence-corrected chi connectivity index (χ2v) is 13.2. The van der Waals surface area contributed by atoms with E-state index in [1.807, 2.05) is 19.9 Å². The van der Waals surface area contributed by atoms with Gasteiger partial charge in [-0.1, -0.05) is 48.4 Å².